The number of phosphoric acid groups is 2. The monoisotopic (exact) mass is 306 g/mol. The van der Waals surface area contributed by atoms with Gasteiger partial charge in [-0.1, -0.05) is 12.8 Å². The van der Waals surface area contributed by atoms with Crippen LogP contribution in [0.2, 0.25) is 0 Å². The van der Waals surface area contributed by atoms with E-state index in [0.717, 1.165) is 27.1 Å². The highest BCUT2D eigenvalue weighted by molar-refractivity contribution is 7.47. The smallest absolute Gasteiger partial charge is 0.303 e. The summed E-state index contributed by atoms with van der Waals surface area (Å²) in [6.45, 7) is 0.248. The molecule has 0 aliphatic rings. The van der Waals surface area contributed by atoms with Gasteiger partial charge in [-0.3, -0.25) is 18.1 Å². The number of phosphoric ester groups is 2. The van der Waals surface area contributed by atoms with Crippen LogP contribution in [-0.2, 0) is 27.2 Å². The Balaban J connectivity index is 3.37. The van der Waals surface area contributed by atoms with Gasteiger partial charge < -0.3 is 9.79 Å². The van der Waals surface area contributed by atoms with Gasteiger partial charge in [-0.15, -0.1) is 0 Å². The molecule has 10 heteroatoms. The molecule has 0 spiro atoms. The maximum absolute atomic E-state index is 10.9. The fourth-order valence-corrected chi connectivity index (χ4v) is 1.95. The van der Waals surface area contributed by atoms with Crippen LogP contribution in [0.1, 0.15) is 25.7 Å². The summed E-state index contributed by atoms with van der Waals surface area (Å²) in [5.74, 6) is 0. The number of unbranched alkanes of at least 4 members (excludes halogenated alkanes) is 3. The second kappa shape index (κ2) is 9.18. The lowest BCUT2D eigenvalue weighted by Gasteiger charge is -2.09. The van der Waals surface area contributed by atoms with E-state index in [0.29, 0.717) is 12.8 Å². The maximum atomic E-state index is 10.9. The average molecular weight is 306 g/mol. The molecule has 0 aliphatic carbocycles. The summed E-state index contributed by atoms with van der Waals surface area (Å²) in [5, 5.41) is 0. The largest absolute Gasteiger partial charge is 0.471 e. The van der Waals surface area contributed by atoms with Crippen LogP contribution in [0.15, 0.2) is 0 Å². The minimum absolute atomic E-state index is 0.124. The quantitative estimate of drug-likeness (QED) is 0.441. The van der Waals surface area contributed by atoms with E-state index in [9.17, 15) is 9.13 Å². The van der Waals surface area contributed by atoms with Crippen molar-refractivity contribution in [2.45, 2.75) is 25.7 Å². The molecule has 0 fully saturated rings. The third-order valence-corrected chi connectivity index (χ3v) is 3.95. The second-order valence-corrected chi connectivity index (χ2v) is 6.50. The van der Waals surface area contributed by atoms with Crippen LogP contribution in [0.25, 0.3) is 0 Å². The van der Waals surface area contributed by atoms with E-state index in [1.807, 2.05) is 0 Å². The standard InChI is InChI=1S/C8H20O8P2/c1-13-17(9,10)15-7-5-3-4-6-8-16-18(11,12)14-2/h3-8H2,1-2H3,(H,9,10)(H,11,12). The lowest BCUT2D eigenvalue weighted by molar-refractivity contribution is 0.163. The zero-order valence-electron chi connectivity index (χ0n) is 10.5. The van der Waals surface area contributed by atoms with Gasteiger partial charge in [0.15, 0.2) is 0 Å². The molecule has 0 radical (unpaired) electrons. The Morgan fingerprint density at radius 3 is 1.39 bits per heavy atom. The van der Waals surface area contributed by atoms with Crippen LogP contribution in [0.5, 0.6) is 0 Å². The summed E-state index contributed by atoms with van der Waals surface area (Å²) in [6, 6.07) is 0. The van der Waals surface area contributed by atoms with Crippen molar-refractivity contribution in [1.29, 1.82) is 0 Å². The Bertz CT molecular complexity index is 277. The molecule has 0 saturated carbocycles. The SMILES string of the molecule is COP(=O)(O)OCCCCCCOP(=O)(O)OC. The number of rotatable bonds is 11. The van der Waals surface area contributed by atoms with Gasteiger partial charge in [0.25, 0.3) is 0 Å². The molecule has 2 unspecified atom stereocenters. The van der Waals surface area contributed by atoms with Gasteiger partial charge >= 0.3 is 15.6 Å². The lowest BCUT2D eigenvalue weighted by Crippen LogP contribution is -1.96. The molecule has 0 aromatic carbocycles. The normalized spacial score (nSPS) is 18.2. The predicted molar refractivity (Wildman–Crippen MR) is 64.0 cm³/mol. The van der Waals surface area contributed by atoms with Gasteiger partial charge in [-0.05, 0) is 12.8 Å². The first kappa shape index (κ1) is 18.2. The average Bonchev–Trinajstić information content (AvgIpc) is 2.32. The minimum Gasteiger partial charge on any atom is -0.303 e. The summed E-state index contributed by atoms with van der Waals surface area (Å²) in [6.07, 6.45) is 2.68. The molecule has 2 atom stereocenters. The summed E-state index contributed by atoms with van der Waals surface area (Å²) >= 11 is 0. The van der Waals surface area contributed by atoms with E-state index < -0.39 is 15.6 Å². The number of hydrogen-bond acceptors (Lipinski definition) is 6. The first-order valence-electron chi connectivity index (χ1n) is 5.39. The van der Waals surface area contributed by atoms with E-state index in [4.69, 9.17) is 9.79 Å². The zero-order valence-corrected chi connectivity index (χ0v) is 12.3. The highest BCUT2D eigenvalue weighted by Crippen LogP contribution is 2.42. The molecule has 8 nitrogen and oxygen atoms in total. The zero-order chi connectivity index (χ0) is 14.1. The van der Waals surface area contributed by atoms with Crippen LogP contribution in [0.4, 0.5) is 0 Å². The summed E-state index contributed by atoms with van der Waals surface area (Å²) in [5.41, 5.74) is 0. The molecule has 0 bridgehead atoms. The van der Waals surface area contributed by atoms with Crippen molar-refractivity contribution in [2.75, 3.05) is 27.4 Å². The minimum atomic E-state index is -3.87. The predicted octanol–water partition coefficient (Wildman–Crippen LogP) is 2.07. The van der Waals surface area contributed by atoms with Crippen molar-refractivity contribution in [1.82, 2.24) is 0 Å². The molecule has 18 heavy (non-hydrogen) atoms. The second-order valence-electron chi connectivity index (χ2n) is 3.38. The molecular weight excluding hydrogens is 286 g/mol. The van der Waals surface area contributed by atoms with E-state index in [-0.39, 0.29) is 13.2 Å². The third kappa shape index (κ3) is 10.2. The highest BCUT2D eigenvalue weighted by Gasteiger charge is 2.18. The van der Waals surface area contributed by atoms with Gasteiger partial charge in [0, 0.05) is 14.2 Å². The molecule has 2 N–H and O–H groups in total. The summed E-state index contributed by atoms with van der Waals surface area (Å²) in [4.78, 5) is 17.8. The van der Waals surface area contributed by atoms with Crippen LogP contribution < -0.4 is 0 Å². The van der Waals surface area contributed by atoms with Crippen LogP contribution in [0, 0.1) is 0 Å². The summed E-state index contributed by atoms with van der Waals surface area (Å²) in [7, 11) is -5.55. The van der Waals surface area contributed by atoms with Crippen molar-refractivity contribution in [3.8, 4) is 0 Å². The molecule has 0 aromatic heterocycles. The van der Waals surface area contributed by atoms with Crippen LogP contribution in [0.3, 0.4) is 0 Å². The maximum Gasteiger partial charge on any atom is 0.471 e. The Labute approximate surface area is 106 Å². The molecule has 110 valence electrons. The first-order valence-corrected chi connectivity index (χ1v) is 8.38. The Kier molecular flexibility index (Phi) is 9.29. The molecule has 0 saturated heterocycles. The third-order valence-electron chi connectivity index (χ3n) is 2.01. The number of hydrogen-bond donors (Lipinski definition) is 2. The van der Waals surface area contributed by atoms with Gasteiger partial charge in [0.2, 0.25) is 0 Å². The molecule has 0 aliphatic heterocycles. The fraction of sp³-hybridized carbons (Fsp3) is 1.00. The summed E-state index contributed by atoms with van der Waals surface area (Å²) < 4.78 is 39.4. The van der Waals surface area contributed by atoms with Crippen molar-refractivity contribution >= 4 is 15.6 Å². The molecule has 0 aromatic rings. The van der Waals surface area contributed by atoms with Crippen molar-refractivity contribution in [2.24, 2.45) is 0 Å². The van der Waals surface area contributed by atoms with Crippen molar-refractivity contribution in [3.05, 3.63) is 0 Å². The Morgan fingerprint density at radius 1 is 0.778 bits per heavy atom. The lowest BCUT2D eigenvalue weighted by atomic mass is 10.2. The molecular formula is C8H20O8P2. The molecule has 0 amide bonds. The Morgan fingerprint density at radius 2 is 1.11 bits per heavy atom. The Hall–Kier alpha value is 0.220. The van der Waals surface area contributed by atoms with Crippen LogP contribution >= 0.6 is 15.6 Å². The molecule has 0 rings (SSSR count). The van der Waals surface area contributed by atoms with Gasteiger partial charge in [0.1, 0.15) is 0 Å². The first-order chi connectivity index (χ1) is 8.33. The van der Waals surface area contributed by atoms with E-state index in [1.165, 1.54) is 0 Å². The topological polar surface area (TPSA) is 112 Å². The van der Waals surface area contributed by atoms with Gasteiger partial charge in [-0.2, -0.15) is 0 Å². The highest BCUT2D eigenvalue weighted by atomic mass is 31.2. The fourth-order valence-electron chi connectivity index (χ4n) is 1.02. The van der Waals surface area contributed by atoms with E-state index >= 15 is 0 Å². The molecule has 0 heterocycles. The van der Waals surface area contributed by atoms with Crippen LogP contribution in [-0.4, -0.2) is 37.2 Å². The van der Waals surface area contributed by atoms with Crippen molar-refractivity contribution < 1.29 is 37.0 Å². The van der Waals surface area contributed by atoms with Crippen molar-refractivity contribution in [3.63, 3.8) is 0 Å². The van der Waals surface area contributed by atoms with Gasteiger partial charge in [0.05, 0.1) is 13.2 Å². The van der Waals surface area contributed by atoms with E-state index in [2.05, 4.69) is 18.1 Å². The van der Waals surface area contributed by atoms with E-state index in [1.54, 1.807) is 0 Å². The van der Waals surface area contributed by atoms with Gasteiger partial charge in [-0.25, -0.2) is 9.13 Å².